The Hall–Kier alpha value is -0.710. The standard InChI is InChI=1S/C16H23BrN2O/c1-18-8-6-13(11-18)12-19(2)9-7-16(20)14-4-3-5-15(17)10-14/h3-5,10,13H,6-9,11-12H2,1-2H3. The summed E-state index contributed by atoms with van der Waals surface area (Å²) in [6.45, 7) is 4.32. The second kappa shape index (κ2) is 7.34. The molecule has 0 radical (unpaired) electrons. The van der Waals surface area contributed by atoms with Gasteiger partial charge in [0.15, 0.2) is 5.78 Å². The molecular weight excluding hydrogens is 316 g/mol. The minimum absolute atomic E-state index is 0.224. The Kier molecular flexibility index (Phi) is 5.75. The summed E-state index contributed by atoms with van der Waals surface area (Å²) in [6.07, 6.45) is 1.87. The quantitative estimate of drug-likeness (QED) is 0.745. The van der Waals surface area contributed by atoms with E-state index in [0.29, 0.717) is 6.42 Å². The molecule has 1 unspecified atom stereocenters. The average molecular weight is 339 g/mol. The maximum Gasteiger partial charge on any atom is 0.164 e. The van der Waals surface area contributed by atoms with E-state index in [9.17, 15) is 4.79 Å². The lowest BCUT2D eigenvalue weighted by Gasteiger charge is -2.20. The Morgan fingerprint density at radius 1 is 1.50 bits per heavy atom. The molecule has 3 nitrogen and oxygen atoms in total. The van der Waals surface area contributed by atoms with Gasteiger partial charge in [-0.25, -0.2) is 0 Å². The van der Waals surface area contributed by atoms with Gasteiger partial charge in [-0.3, -0.25) is 4.79 Å². The highest BCUT2D eigenvalue weighted by Crippen LogP contribution is 2.16. The number of carbonyl (C=O) groups is 1. The van der Waals surface area contributed by atoms with Crippen molar-refractivity contribution in [3.63, 3.8) is 0 Å². The van der Waals surface area contributed by atoms with Gasteiger partial charge in [0.25, 0.3) is 0 Å². The molecule has 1 heterocycles. The second-order valence-corrected chi connectivity index (χ2v) is 6.78. The summed E-state index contributed by atoms with van der Waals surface area (Å²) in [4.78, 5) is 16.8. The fourth-order valence-electron chi connectivity index (χ4n) is 2.81. The van der Waals surface area contributed by atoms with E-state index in [1.54, 1.807) is 0 Å². The van der Waals surface area contributed by atoms with E-state index in [4.69, 9.17) is 0 Å². The van der Waals surface area contributed by atoms with Crippen LogP contribution in [0.1, 0.15) is 23.2 Å². The van der Waals surface area contributed by atoms with Crippen LogP contribution < -0.4 is 0 Å². The van der Waals surface area contributed by atoms with Gasteiger partial charge in [-0.05, 0) is 45.1 Å². The van der Waals surface area contributed by atoms with Crippen molar-refractivity contribution in [2.45, 2.75) is 12.8 Å². The van der Waals surface area contributed by atoms with Crippen molar-refractivity contribution in [3.05, 3.63) is 34.3 Å². The number of halogens is 1. The number of rotatable bonds is 6. The minimum Gasteiger partial charge on any atom is -0.306 e. The van der Waals surface area contributed by atoms with E-state index < -0.39 is 0 Å². The van der Waals surface area contributed by atoms with E-state index in [1.807, 2.05) is 24.3 Å². The number of ketones is 1. The first-order chi connectivity index (χ1) is 9.54. The van der Waals surface area contributed by atoms with Crippen LogP contribution in [0.5, 0.6) is 0 Å². The molecule has 0 saturated carbocycles. The zero-order valence-electron chi connectivity index (χ0n) is 12.3. The number of carbonyl (C=O) groups excluding carboxylic acids is 1. The van der Waals surface area contributed by atoms with E-state index >= 15 is 0 Å². The van der Waals surface area contributed by atoms with E-state index in [1.165, 1.54) is 19.5 Å². The van der Waals surface area contributed by atoms with Gasteiger partial charge in [0.1, 0.15) is 0 Å². The van der Waals surface area contributed by atoms with Crippen LogP contribution in [0.3, 0.4) is 0 Å². The number of hydrogen-bond donors (Lipinski definition) is 0. The normalized spacial score (nSPS) is 19.7. The topological polar surface area (TPSA) is 23.6 Å². The Labute approximate surface area is 130 Å². The van der Waals surface area contributed by atoms with Crippen molar-refractivity contribution in [2.75, 3.05) is 40.3 Å². The molecule has 110 valence electrons. The predicted molar refractivity (Wildman–Crippen MR) is 86.2 cm³/mol. The third kappa shape index (κ3) is 4.69. The fraction of sp³-hybridized carbons (Fsp3) is 0.562. The molecule has 0 amide bonds. The lowest BCUT2D eigenvalue weighted by atomic mass is 10.1. The van der Waals surface area contributed by atoms with Gasteiger partial charge in [-0.15, -0.1) is 0 Å². The lowest BCUT2D eigenvalue weighted by molar-refractivity contribution is 0.0966. The molecule has 20 heavy (non-hydrogen) atoms. The highest BCUT2D eigenvalue weighted by Gasteiger charge is 2.20. The molecule has 2 rings (SSSR count). The van der Waals surface area contributed by atoms with Crippen LogP contribution in [0.15, 0.2) is 28.7 Å². The van der Waals surface area contributed by atoms with E-state index in [2.05, 4.69) is 39.8 Å². The van der Waals surface area contributed by atoms with Gasteiger partial charge < -0.3 is 9.80 Å². The van der Waals surface area contributed by atoms with Gasteiger partial charge in [0.05, 0.1) is 0 Å². The predicted octanol–water partition coefficient (Wildman–Crippen LogP) is 2.91. The zero-order valence-corrected chi connectivity index (χ0v) is 13.9. The fourth-order valence-corrected chi connectivity index (χ4v) is 3.21. The van der Waals surface area contributed by atoms with Crippen molar-refractivity contribution in [3.8, 4) is 0 Å². The van der Waals surface area contributed by atoms with Crippen LogP contribution in [0.25, 0.3) is 0 Å². The highest BCUT2D eigenvalue weighted by molar-refractivity contribution is 9.10. The smallest absolute Gasteiger partial charge is 0.164 e. The first-order valence-corrected chi connectivity index (χ1v) is 8.00. The summed E-state index contributed by atoms with van der Waals surface area (Å²) in [6, 6.07) is 7.64. The van der Waals surface area contributed by atoms with Crippen molar-refractivity contribution in [1.29, 1.82) is 0 Å². The SMILES string of the molecule is CN(CCC(=O)c1cccc(Br)c1)CC1CCN(C)C1. The van der Waals surface area contributed by atoms with Crippen LogP contribution in [0.2, 0.25) is 0 Å². The summed E-state index contributed by atoms with van der Waals surface area (Å²) in [7, 11) is 4.29. The number of nitrogens with zero attached hydrogens (tertiary/aromatic N) is 2. The molecule has 0 bridgehead atoms. The molecule has 1 aliphatic rings. The molecule has 0 spiro atoms. The van der Waals surface area contributed by atoms with Crippen LogP contribution >= 0.6 is 15.9 Å². The first-order valence-electron chi connectivity index (χ1n) is 7.20. The summed E-state index contributed by atoms with van der Waals surface area (Å²) >= 11 is 3.41. The Morgan fingerprint density at radius 2 is 2.30 bits per heavy atom. The molecular formula is C16H23BrN2O. The van der Waals surface area contributed by atoms with Gasteiger partial charge in [0, 0.05) is 36.1 Å². The van der Waals surface area contributed by atoms with Gasteiger partial charge >= 0.3 is 0 Å². The number of likely N-dealkylation sites (tertiary alicyclic amines) is 1. The van der Waals surface area contributed by atoms with Crippen molar-refractivity contribution >= 4 is 21.7 Å². The van der Waals surface area contributed by atoms with Gasteiger partial charge in [-0.2, -0.15) is 0 Å². The molecule has 0 aliphatic carbocycles. The van der Waals surface area contributed by atoms with Crippen molar-refractivity contribution in [2.24, 2.45) is 5.92 Å². The number of Topliss-reactive ketones (excluding diaryl/α,β-unsaturated/α-hetero) is 1. The Bertz CT molecular complexity index is 464. The second-order valence-electron chi connectivity index (χ2n) is 5.86. The van der Waals surface area contributed by atoms with Crippen LogP contribution in [-0.2, 0) is 0 Å². The highest BCUT2D eigenvalue weighted by atomic mass is 79.9. The van der Waals surface area contributed by atoms with Crippen molar-refractivity contribution in [1.82, 2.24) is 9.80 Å². The summed E-state index contributed by atoms with van der Waals surface area (Å²) in [5.41, 5.74) is 0.799. The van der Waals surface area contributed by atoms with Gasteiger partial charge in [-0.1, -0.05) is 28.1 Å². The Balaban J connectivity index is 1.75. The monoisotopic (exact) mass is 338 g/mol. The lowest BCUT2D eigenvalue weighted by Crippen LogP contribution is -2.29. The maximum atomic E-state index is 12.1. The summed E-state index contributed by atoms with van der Waals surface area (Å²) in [5.74, 6) is 0.979. The zero-order chi connectivity index (χ0) is 14.5. The number of benzene rings is 1. The van der Waals surface area contributed by atoms with E-state index in [-0.39, 0.29) is 5.78 Å². The molecule has 0 aromatic heterocycles. The molecule has 1 aliphatic heterocycles. The largest absolute Gasteiger partial charge is 0.306 e. The third-order valence-electron chi connectivity index (χ3n) is 3.93. The minimum atomic E-state index is 0.224. The molecule has 0 N–H and O–H groups in total. The molecule has 1 fully saturated rings. The Morgan fingerprint density at radius 3 is 2.95 bits per heavy atom. The number of hydrogen-bond acceptors (Lipinski definition) is 3. The van der Waals surface area contributed by atoms with Gasteiger partial charge in [0.2, 0.25) is 0 Å². The summed E-state index contributed by atoms with van der Waals surface area (Å²) in [5, 5.41) is 0. The molecule has 1 saturated heterocycles. The molecule has 4 heteroatoms. The van der Waals surface area contributed by atoms with Crippen LogP contribution in [0.4, 0.5) is 0 Å². The van der Waals surface area contributed by atoms with Crippen LogP contribution in [0, 0.1) is 5.92 Å². The molecule has 1 atom stereocenters. The van der Waals surface area contributed by atoms with Crippen molar-refractivity contribution < 1.29 is 4.79 Å². The third-order valence-corrected chi connectivity index (χ3v) is 4.42. The summed E-state index contributed by atoms with van der Waals surface area (Å²) < 4.78 is 0.964. The maximum absolute atomic E-state index is 12.1. The van der Waals surface area contributed by atoms with Crippen LogP contribution in [-0.4, -0.2) is 55.9 Å². The molecule has 1 aromatic rings. The average Bonchev–Trinajstić information content (AvgIpc) is 2.81. The van der Waals surface area contributed by atoms with E-state index in [0.717, 1.165) is 29.0 Å². The first kappa shape index (κ1) is 15.7. The molecule has 1 aromatic carbocycles.